The molecular weight excluding hydrogens is 360 g/mol. The van der Waals surface area contributed by atoms with Gasteiger partial charge in [-0.25, -0.2) is 9.78 Å². The summed E-state index contributed by atoms with van der Waals surface area (Å²) >= 11 is 0. The van der Waals surface area contributed by atoms with Crippen molar-refractivity contribution in [1.82, 2.24) is 30.7 Å². The predicted octanol–water partition coefficient (Wildman–Crippen LogP) is 1.43. The van der Waals surface area contributed by atoms with Crippen LogP contribution in [0, 0.1) is 13.8 Å². The van der Waals surface area contributed by atoms with E-state index in [1.54, 1.807) is 19.1 Å². The first-order valence-electron chi connectivity index (χ1n) is 9.08. The van der Waals surface area contributed by atoms with Crippen LogP contribution >= 0.6 is 0 Å². The van der Waals surface area contributed by atoms with Crippen molar-refractivity contribution in [2.24, 2.45) is 0 Å². The van der Waals surface area contributed by atoms with Crippen LogP contribution in [0.1, 0.15) is 36.6 Å². The fraction of sp³-hybridized carbons (Fsp3) is 0.368. The summed E-state index contributed by atoms with van der Waals surface area (Å²) in [5, 5.41) is 22.3. The third kappa shape index (κ3) is 4.30. The maximum Gasteiger partial charge on any atom is 0.319 e. The Morgan fingerprint density at radius 2 is 2.11 bits per heavy atom. The predicted molar refractivity (Wildman–Crippen MR) is 102 cm³/mol. The lowest BCUT2D eigenvalue weighted by Gasteiger charge is -2.28. The molecular formula is C19H24N6O3. The average Bonchev–Trinajstić information content (AvgIpc) is 2.95. The number of nitrogens with one attached hydrogen (secondary N) is 3. The van der Waals surface area contributed by atoms with Crippen LogP contribution < -0.4 is 16.0 Å². The zero-order chi connectivity index (χ0) is 20.3. The number of rotatable bonds is 6. The van der Waals surface area contributed by atoms with Gasteiger partial charge in [-0.2, -0.15) is 5.10 Å². The zero-order valence-electron chi connectivity index (χ0n) is 16.1. The van der Waals surface area contributed by atoms with Crippen LogP contribution in [0.5, 0.6) is 5.75 Å². The van der Waals surface area contributed by atoms with Crippen molar-refractivity contribution >= 4 is 11.9 Å². The van der Waals surface area contributed by atoms with E-state index in [0.29, 0.717) is 36.3 Å². The van der Waals surface area contributed by atoms with E-state index in [-0.39, 0.29) is 17.7 Å². The molecule has 1 aliphatic heterocycles. The fourth-order valence-corrected chi connectivity index (χ4v) is 3.25. The molecule has 9 heteroatoms. The third-order valence-electron chi connectivity index (χ3n) is 4.51. The summed E-state index contributed by atoms with van der Waals surface area (Å²) in [4.78, 5) is 29.0. The third-order valence-corrected chi connectivity index (χ3v) is 4.51. The van der Waals surface area contributed by atoms with Gasteiger partial charge in [0.1, 0.15) is 17.4 Å². The molecule has 148 valence electrons. The highest BCUT2D eigenvalue weighted by Gasteiger charge is 2.31. The molecule has 28 heavy (non-hydrogen) atoms. The van der Waals surface area contributed by atoms with Crippen molar-refractivity contribution in [2.45, 2.75) is 39.8 Å². The molecule has 2 heterocycles. The van der Waals surface area contributed by atoms with Gasteiger partial charge in [0.15, 0.2) is 0 Å². The second kappa shape index (κ2) is 8.12. The molecule has 9 nitrogen and oxygen atoms in total. The summed E-state index contributed by atoms with van der Waals surface area (Å²) < 4.78 is 1.81. The molecule has 0 bridgehead atoms. The number of phenolic OH excluding ortho intramolecular Hbond substituents is 1. The van der Waals surface area contributed by atoms with E-state index in [4.69, 9.17) is 0 Å². The minimum atomic E-state index is -0.638. The first-order valence-corrected chi connectivity index (χ1v) is 9.08. The summed E-state index contributed by atoms with van der Waals surface area (Å²) in [6, 6.07) is 5.47. The van der Waals surface area contributed by atoms with E-state index in [1.165, 1.54) is 12.1 Å². The Hall–Kier alpha value is -3.36. The van der Waals surface area contributed by atoms with E-state index in [2.05, 4.69) is 26.0 Å². The Morgan fingerprint density at radius 3 is 2.79 bits per heavy atom. The summed E-state index contributed by atoms with van der Waals surface area (Å²) in [7, 11) is 0. The maximum absolute atomic E-state index is 12.8. The van der Waals surface area contributed by atoms with Gasteiger partial charge >= 0.3 is 6.03 Å². The largest absolute Gasteiger partial charge is 0.508 e. The van der Waals surface area contributed by atoms with Crippen LogP contribution in [0.25, 0.3) is 0 Å². The van der Waals surface area contributed by atoms with Gasteiger partial charge in [-0.1, -0.05) is 12.1 Å². The molecule has 0 saturated heterocycles. The van der Waals surface area contributed by atoms with Crippen LogP contribution in [0.2, 0.25) is 0 Å². The summed E-state index contributed by atoms with van der Waals surface area (Å²) in [6.07, 6.45) is 0.693. The smallest absolute Gasteiger partial charge is 0.319 e. The number of carbonyl (C=O) groups excluding carboxylic acids is 2. The lowest BCUT2D eigenvalue weighted by Crippen LogP contribution is -2.47. The SMILES string of the molecule is CC1=C(C(=O)NCCCn2nc(C)nc2C)[C@H](c2cccc(O)c2)NC(=O)N1. The van der Waals surface area contributed by atoms with Gasteiger partial charge in [-0.15, -0.1) is 0 Å². The lowest BCUT2D eigenvalue weighted by atomic mass is 9.94. The van der Waals surface area contributed by atoms with Gasteiger partial charge in [0.05, 0.1) is 11.6 Å². The molecule has 1 aromatic heterocycles. The molecule has 3 amide bonds. The molecule has 0 unspecified atom stereocenters. The quantitative estimate of drug-likeness (QED) is 0.562. The number of hydrogen-bond donors (Lipinski definition) is 4. The Morgan fingerprint density at radius 1 is 1.32 bits per heavy atom. The molecule has 2 aromatic rings. The number of benzene rings is 1. The monoisotopic (exact) mass is 384 g/mol. The zero-order valence-corrected chi connectivity index (χ0v) is 16.1. The second-order valence-corrected chi connectivity index (χ2v) is 6.70. The Kier molecular flexibility index (Phi) is 5.62. The number of aromatic nitrogens is 3. The van der Waals surface area contributed by atoms with Crippen LogP contribution in [0.3, 0.4) is 0 Å². The van der Waals surface area contributed by atoms with Gasteiger partial charge in [0.2, 0.25) is 0 Å². The molecule has 1 aromatic carbocycles. The average molecular weight is 384 g/mol. The van der Waals surface area contributed by atoms with E-state index >= 15 is 0 Å². The van der Waals surface area contributed by atoms with Crippen molar-refractivity contribution in [3.8, 4) is 5.75 Å². The molecule has 1 atom stereocenters. The van der Waals surface area contributed by atoms with Gasteiger partial charge < -0.3 is 21.1 Å². The van der Waals surface area contributed by atoms with Crippen molar-refractivity contribution in [3.63, 3.8) is 0 Å². The van der Waals surface area contributed by atoms with E-state index < -0.39 is 6.04 Å². The molecule has 3 rings (SSSR count). The minimum absolute atomic E-state index is 0.0705. The molecule has 0 aliphatic carbocycles. The normalized spacial score (nSPS) is 16.5. The Bertz CT molecular complexity index is 934. The highest BCUT2D eigenvalue weighted by molar-refractivity contribution is 5.98. The summed E-state index contributed by atoms with van der Waals surface area (Å²) in [5.41, 5.74) is 1.53. The topological polar surface area (TPSA) is 121 Å². The molecule has 1 aliphatic rings. The van der Waals surface area contributed by atoms with Gasteiger partial charge in [-0.3, -0.25) is 9.48 Å². The number of allylic oxidation sites excluding steroid dienone is 1. The highest BCUT2D eigenvalue weighted by atomic mass is 16.3. The standard InChI is InChI=1S/C19H24N6O3/c1-11-16(17(23-19(28)21-11)14-6-4-7-15(26)10-14)18(27)20-8-5-9-25-13(3)22-12(2)24-25/h4,6-7,10,17,26H,5,8-9H2,1-3H3,(H,20,27)(H2,21,23,28)/t17-/m0/s1. The number of amides is 3. The van der Waals surface area contributed by atoms with Crippen molar-refractivity contribution in [2.75, 3.05) is 6.54 Å². The van der Waals surface area contributed by atoms with Crippen molar-refractivity contribution < 1.29 is 14.7 Å². The van der Waals surface area contributed by atoms with E-state index in [0.717, 1.165) is 11.6 Å². The number of nitrogens with zero attached hydrogens (tertiary/aromatic N) is 3. The molecule has 0 radical (unpaired) electrons. The van der Waals surface area contributed by atoms with E-state index in [1.807, 2.05) is 18.5 Å². The number of aromatic hydroxyl groups is 1. The molecule has 0 fully saturated rings. The lowest BCUT2D eigenvalue weighted by molar-refractivity contribution is -0.117. The van der Waals surface area contributed by atoms with Gasteiger partial charge in [-0.05, 0) is 44.9 Å². The highest BCUT2D eigenvalue weighted by Crippen LogP contribution is 2.28. The molecule has 0 saturated carbocycles. The second-order valence-electron chi connectivity index (χ2n) is 6.70. The Balaban J connectivity index is 1.68. The molecule has 4 N–H and O–H groups in total. The number of aryl methyl sites for hydroxylation is 3. The van der Waals surface area contributed by atoms with Crippen molar-refractivity contribution in [1.29, 1.82) is 0 Å². The maximum atomic E-state index is 12.8. The number of hydrogen-bond acceptors (Lipinski definition) is 5. The first-order chi connectivity index (χ1) is 13.3. The summed E-state index contributed by atoms with van der Waals surface area (Å²) in [5.74, 6) is 1.36. The van der Waals surface area contributed by atoms with Crippen LogP contribution in [0.4, 0.5) is 4.79 Å². The van der Waals surface area contributed by atoms with Gasteiger partial charge in [0, 0.05) is 18.8 Å². The van der Waals surface area contributed by atoms with E-state index in [9.17, 15) is 14.7 Å². The minimum Gasteiger partial charge on any atom is -0.508 e. The van der Waals surface area contributed by atoms with Crippen LogP contribution in [-0.2, 0) is 11.3 Å². The number of phenols is 1. The van der Waals surface area contributed by atoms with Crippen molar-refractivity contribution in [3.05, 3.63) is 52.7 Å². The number of carbonyl (C=O) groups is 2. The summed E-state index contributed by atoms with van der Waals surface area (Å²) in [6.45, 7) is 6.52. The number of urea groups is 1. The molecule has 0 spiro atoms. The fourth-order valence-electron chi connectivity index (χ4n) is 3.25. The van der Waals surface area contributed by atoms with Crippen LogP contribution in [-0.4, -0.2) is 38.4 Å². The first kappa shape index (κ1) is 19.4. The van der Waals surface area contributed by atoms with Gasteiger partial charge in [0.25, 0.3) is 5.91 Å². The van der Waals surface area contributed by atoms with Crippen LogP contribution in [0.15, 0.2) is 35.5 Å². The Labute approximate surface area is 162 Å².